The van der Waals surface area contributed by atoms with Gasteiger partial charge in [0.15, 0.2) is 0 Å². The molecule has 22 heavy (non-hydrogen) atoms. The second-order valence-electron chi connectivity index (χ2n) is 4.55. The highest BCUT2D eigenvalue weighted by molar-refractivity contribution is 5.86. The molecular formula is C14H18N2O6. The second kappa shape index (κ2) is 8.50. The minimum atomic E-state index is -1.43. The number of amides is 1. The molecule has 0 saturated carbocycles. The predicted molar refractivity (Wildman–Crippen MR) is 77.4 cm³/mol. The van der Waals surface area contributed by atoms with Crippen LogP contribution in [0.2, 0.25) is 0 Å². The topological polar surface area (TPSA) is 139 Å². The molecule has 0 aliphatic carbocycles. The number of nitrogens with two attached hydrogens (primary N) is 1. The summed E-state index contributed by atoms with van der Waals surface area (Å²) in [5, 5.41) is 19.5. The highest BCUT2D eigenvalue weighted by Crippen LogP contribution is 2.19. The Balaban J connectivity index is 2.32. The van der Waals surface area contributed by atoms with Gasteiger partial charge in [-0.15, -0.1) is 0 Å². The van der Waals surface area contributed by atoms with E-state index in [2.05, 4.69) is 5.32 Å². The number of benzene rings is 1. The molecule has 1 unspecified atom stereocenters. The summed E-state index contributed by atoms with van der Waals surface area (Å²) in [6.07, 6.45) is -0.298. The van der Waals surface area contributed by atoms with E-state index in [1.807, 2.05) is 0 Å². The van der Waals surface area contributed by atoms with Crippen LogP contribution in [0.1, 0.15) is 19.3 Å². The zero-order valence-electron chi connectivity index (χ0n) is 11.8. The molecule has 0 aliphatic heterocycles. The maximum absolute atomic E-state index is 11.6. The van der Waals surface area contributed by atoms with Crippen molar-refractivity contribution in [1.82, 2.24) is 5.32 Å². The molecule has 0 aromatic heterocycles. The third kappa shape index (κ3) is 6.12. The van der Waals surface area contributed by atoms with Crippen molar-refractivity contribution in [1.29, 1.82) is 0 Å². The van der Waals surface area contributed by atoms with E-state index in [9.17, 15) is 14.4 Å². The lowest BCUT2D eigenvalue weighted by Crippen LogP contribution is -2.42. The maximum atomic E-state index is 11.6. The van der Waals surface area contributed by atoms with Crippen LogP contribution in [-0.2, 0) is 14.4 Å². The van der Waals surface area contributed by atoms with Crippen LogP contribution in [0.25, 0.3) is 0 Å². The van der Waals surface area contributed by atoms with Gasteiger partial charge in [0.2, 0.25) is 5.91 Å². The number of aliphatic carboxylic acids is 2. The number of carboxylic acid groups (broad SMARTS) is 2. The number of anilines is 1. The minimum Gasteiger partial charge on any atom is -0.491 e. The average molecular weight is 310 g/mol. The van der Waals surface area contributed by atoms with E-state index in [0.717, 1.165) is 0 Å². The van der Waals surface area contributed by atoms with Gasteiger partial charge < -0.3 is 26.0 Å². The van der Waals surface area contributed by atoms with E-state index in [4.69, 9.17) is 20.7 Å². The van der Waals surface area contributed by atoms with Gasteiger partial charge in [0.1, 0.15) is 11.8 Å². The van der Waals surface area contributed by atoms with Crippen LogP contribution in [0.15, 0.2) is 24.3 Å². The van der Waals surface area contributed by atoms with Crippen molar-refractivity contribution in [2.45, 2.75) is 25.3 Å². The Labute approximate surface area is 126 Å². The van der Waals surface area contributed by atoms with E-state index in [1.165, 1.54) is 0 Å². The van der Waals surface area contributed by atoms with Crippen LogP contribution in [0.3, 0.4) is 0 Å². The Morgan fingerprint density at radius 3 is 2.50 bits per heavy atom. The smallest absolute Gasteiger partial charge is 0.326 e. The molecule has 1 atom stereocenters. The number of carbonyl (C=O) groups is 3. The van der Waals surface area contributed by atoms with Gasteiger partial charge in [-0.25, -0.2) is 4.79 Å². The molecule has 1 rings (SSSR count). The first-order chi connectivity index (χ1) is 10.4. The van der Waals surface area contributed by atoms with Crippen LogP contribution in [0, 0.1) is 0 Å². The van der Waals surface area contributed by atoms with Crippen molar-refractivity contribution < 1.29 is 29.3 Å². The van der Waals surface area contributed by atoms with E-state index >= 15 is 0 Å². The predicted octanol–water partition coefficient (Wildman–Crippen LogP) is 0.472. The highest BCUT2D eigenvalue weighted by atomic mass is 16.5. The molecule has 0 aliphatic rings. The summed E-state index contributed by atoms with van der Waals surface area (Å²) in [5.74, 6) is -2.71. The monoisotopic (exact) mass is 310 g/mol. The minimum absolute atomic E-state index is 0.0239. The van der Waals surface area contributed by atoms with Gasteiger partial charge in [-0.3, -0.25) is 9.59 Å². The highest BCUT2D eigenvalue weighted by Gasteiger charge is 2.22. The molecule has 1 amide bonds. The van der Waals surface area contributed by atoms with E-state index < -0.39 is 30.3 Å². The zero-order chi connectivity index (χ0) is 16.5. The van der Waals surface area contributed by atoms with E-state index in [1.54, 1.807) is 24.3 Å². The Morgan fingerprint density at radius 1 is 1.23 bits per heavy atom. The largest absolute Gasteiger partial charge is 0.491 e. The summed E-state index contributed by atoms with van der Waals surface area (Å²) >= 11 is 0. The fourth-order valence-electron chi connectivity index (χ4n) is 1.67. The average Bonchev–Trinajstić information content (AvgIpc) is 2.44. The normalized spacial score (nSPS) is 11.5. The number of carboxylic acids is 2. The number of nitrogens with one attached hydrogen (secondary N) is 1. The molecule has 0 fully saturated rings. The summed E-state index contributed by atoms with van der Waals surface area (Å²) in [7, 11) is 0. The van der Waals surface area contributed by atoms with Crippen LogP contribution in [0.5, 0.6) is 5.75 Å². The summed E-state index contributed by atoms with van der Waals surface area (Å²) in [4.78, 5) is 32.9. The molecule has 0 bridgehead atoms. The number of ether oxygens (including phenoxy) is 1. The Hall–Kier alpha value is -2.77. The Bertz CT molecular complexity index is 546. The van der Waals surface area contributed by atoms with Crippen molar-refractivity contribution >= 4 is 23.5 Å². The summed E-state index contributed by atoms with van der Waals surface area (Å²) < 4.78 is 5.39. The van der Waals surface area contributed by atoms with Crippen LogP contribution >= 0.6 is 0 Å². The Kier molecular flexibility index (Phi) is 6.68. The molecular weight excluding hydrogens is 292 g/mol. The summed E-state index contributed by atoms with van der Waals surface area (Å²) in [6.45, 7) is 0.234. The van der Waals surface area contributed by atoms with E-state index in [-0.39, 0.29) is 13.0 Å². The van der Waals surface area contributed by atoms with Gasteiger partial charge >= 0.3 is 11.9 Å². The van der Waals surface area contributed by atoms with Gasteiger partial charge in [0.05, 0.1) is 18.7 Å². The molecule has 120 valence electrons. The number of para-hydroxylation sites is 2. The Morgan fingerprint density at radius 2 is 1.91 bits per heavy atom. The van der Waals surface area contributed by atoms with Gasteiger partial charge in [-0.2, -0.15) is 0 Å². The van der Waals surface area contributed by atoms with Crippen LogP contribution in [0.4, 0.5) is 5.69 Å². The first-order valence-corrected chi connectivity index (χ1v) is 6.61. The van der Waals surface area contributed by atoms with Gasteiger partial charge in [0, 0.05) is 6.42 Å². The molecule has 8 nitrogen and oxygen atoms in total. The lowest BCUT2D eigenvalue weighted by Gasteiger charge is -2.12. The number of nitrogen functional groups attached to an aromatic ring is 1. The summed E-state index contributed by atoms with van der Waals surface area (Å²) in [5.41, 5.74) is 6.17. The number of hydrogen-bond acceptors (Lipinski definition) is 5. The molecule has 0 heterocycles. The van der Waals surface area contributed by atoms with Crippen molar-refractivity contribution in [2.24, 2.45) is 0 Å². The fraction of sp³-hybridized carbons (Fsp3) is 0.357. The van der Waals surface area contributed by atoms with E-state index in [0.29, 0.717) is 17.9 Å². The van der Waals surface area contributed by atoms with Crippen molar-refractivity contribution in [2.75, 3.05) is 12.3 Å². The third-order valence-electron chi connectivity index (χ3n) is 2.74. The first-order valence-electron chi connectivity index (χ1n) is 6.61. The van der Waals surface area contributed by atoms with Crippen molar-refractivity contribution in [3.05, 3.63) is 24.3 Å². The number of hydrogen-bond donors (Lipinski definition) is 4. The molecule has 0 radical (unpaired) electrons. The lowest BCUT2D eigenvalue weighted by atomic mass is 10.2. The van der Waals surface area contributed by atoms with Crippen LogP contribution < -0.4 is 15.8 Å². The van der Waals surface area contributed by atoms with Crippen molar-refractivity contribution in [3.8, 4) is 5.75 Å². The second-order valence-corrected chi connectivity index (χ2v) is 4.55. The van der Waals surface area contributed by atoms with Crippen molar-refractivity contribution in [3.63, 3.8) is 0 Å². The molecule has 5 N–H and O–H groups in total. The number of rotatable bonds is 9. The fourth-order valence-corrected chi connectivity index (χ4v) is 1.67. The third-order valence-corrected chi connectivity index (χ3v) is 2.74. The zero-order valence-corrected chi connectivity index (χ0v) is 11.8. The molecule has 1 aromatic carbocycles. The van der Waals surface area contributed by atoms with Gasteiger partial charge in [-0.1, -0.05) is 12.1 Å². The molecule has 1 aromatic rings. The summed E-state index contributed by atoms with van der Waals surface area (Å²) in [6, 6.07) is 5.48. The SMILES string of the molecule is Nc1ccccc1OCCCC(=O)NC(CC(=O)O)C(=O)O. The standard InChI is InChI=1S/C14H18N2O6/c15-9-4-1-2-5-11(9)22-7-3-6-12(17)16-10(14(20)21)8-13(18)19/h1-2,4-5,10H,3,6-8,15H2,(H,16,17)(H,18,19)(H,20,21). The number of carbonyl (C=O) groups excluding carboxylic acids is 1. The van der Waals surface area contributed by atoms with Gasteiger partial charge in [0.25, 0.3) is 0 Å². The van der Waals surface area contributed by atoms with Gasteiger partial charge in [-0.05, 0) is 18.6 Å². The molecule has 0 saturated heterocycles. The quantitative estimate of drug-likeness (QED) is 0.384. The molecule has 0 spiro atoms. The van der Waals surface area contributed by atoms with Crippen LogP contribution in [-0.4, -0.2) is 40.7 Å². The maximum Gasteiger partial charge on any atom is 0.326 e. The first kappa shape index (κ1) is 17.3. The lowest BCUT2D eigenvalue weighted by molar-refractivity contribution is -0.147. The molecule has 8 heteroatoms.